The van der Waals surface area contributed by atoms with Crippen LogP contribution in [-0.4, -0.2) is 70.5 Å². The van der Waals surface area contributed by atoms with Crippen molar-refractivity contribution in [1.82, 2.24) is 25.5 Å². The van der Waals surface area contributed by atoms with E-state index in [1.807, 2.05) is 0 Å². The van der Waals surface area contributed by atoms with Crippen LogP contribution in [0.5, 0.6) is 0 Å². The second kappa shape index (κ2) is 11.5. The maximum atomic E-state index is 14.0. The summed E-state index contributed by atoms with van der Waals surface area (Å²) >= 11 is 0. The first kappa shape index (κ1) is 26.4. The lowest BCUT2D eigenvalue weighted by Crippen LogP contribution is -2.58. The van der Waals surface area contributed by atoms with Gasteiger partial charge in [0.2, 0.25) is 5.91 Å². The van der Waals surface area contributed by atoms with Gasteiger partial charge in [0.15, 0.2) is 0 Å². The second-order valence-corrected chi connectivity index (χ2v) is 8.41. The topological polar surface area (TPSA) is 143 Å². The minimum atomic E-state index is -1.23. The van der Waals surface area contributed by atoms with E-state index in [2.05, 4.69) is 25.9 Å². The number of ether oxygens (including phenoxy) is 1. The SMILES string of the molecule is COC(=O)C(NC(=O)C1C(NC(=O)Nc2ccc(F)cc2F)CCN1C(=O)c1cnccn1)C(C)C. The maximum absolute atomic E-state index is 14.0. The van der Waals surface area contributed by atoms with Gasteiger partial charge in [-0.05, 0) is 24.5 Å². The molecule has 36 heavy (non-hydrogen) atoms. The van der Waals surface area contributed by atoms with E-state index < -0.39 is 53.6 Å². The summed E-state index contributed by atoms with van der Waals surface area (Å²) in [4.78, 5) is 60.3. The molecule has 1 aromatic heterocycles. The molecular weight excluding hydrogens is 478 g/mol. The molecule has 13 heteroatoms. The maximum Gasteiger partial charge on any atom is 0.328 e. The van der Waals surface area contributed by atoms with Crippen molar-refractivity contribution in [3.63, 3.8) is 0 Å². The predicted molar refractivity (Wildman–Crippen MR) is 123 cm³/mol. The van der Waals surface area contributed by atoms with Gasteiger partial charge in [0.25, 0.3) is 5.91 Å². The van der Waals surface area contributed by atoms with Crippen LogP contribution >= 0.6 is 0 Å². The van der Waals surface area contributed by atoms with Gasteiger partial charge in [-0.25, -0.2) is 23.4 Å². The normalized spacial score (nSPS) is 17.9. The van der Waals surface area contributed by atoms with E-state index in [1.165, 1.54) is 30.6 Å². The van der Waals surface area contributed by atoms with Crippen molar-refractivity contribution >= 4 is 29.5 Å². The zero-order valence-corrected chi connectivity index (χ0v) is 19.8. The van der Waals surface area contributed by atoms with E-state index in [0.717, 1.165) is 12.1 Å². The van der Waals surface area contributed by atoms with Gasteiger partial charge in [-0.2, -0.15) is 0 Å². The summed E-state index contributed by atoms with van der Waals surface area (Å²) in [6.45, 7) is 3.49. The van der Waals surface area contributed by atoms with Crippen LogP contribution in [0.1, 0.15) is 30.8 Å². The Morgan fingerprint density at radius 3 is 2.53 bits per heavy atom. The van der Waals surface area contributed by atoms with Crippen molar-refractivity contribution in [1.29, 1.82) is 0 Å². The average molecular weight is 504 g/mol. The van der Waals surface area contributed by atoms with Gasteiger partial charge in [0.1, 0.15) is 29.4 Å². The van der Waals surface area contributed by atoms with Crippen LogP contribution in [0.25, 0.3) is 0 Å². The fourth-order valence-electron chi connectivity index (χ4n) is 3.83. The van der Waals surface area contributed by atoms with Gasteiger partial charge >= 0.3 is 12.0 Å². The molecular formula is C23H26F2N6O5. The first-order valence-electron chi connectivity index (χ1n) is 11.1. The molecule has 2 aromatic rings. The molecule has 3 unspecified atom stereocenters. The summed E-state index contributed by atoms with van der Waals surface area (Å²) in [6.07, 6.45) is 4.13. The summed E-state index contributed by atoms with van der Waals surface area (Å²) in [5.74, 6) is -4.10. The average Bonchev–Trinajstić information content (AvgIpc) is 3.26. The molecule has 11 nitrogen and oxygen atoms in total. The van der Waals surface area contributed by atoms with E-state index in [1.54, 1.807) is 13.8 Å². The number of rotatable bonds is 7. The monoisotopic (exact) mass is 504 g/mol. The van der Waals surface area contributed by atoms with Crippen LogP contribution in [0, 0.1) is 17.6 Å². The lowest BCUT2D eigenvalue weighted by Gasteiger charge is -2.29. The highest BCUT2D eigenvalue weighted by molar-refractivity contribution is 5.98. The molecule has 2 heterocycles. The molecule has 0 saturated carbocycles. The standard InChI is InChI=1S/C23H26F2N6O5/c1-12(2)18(22(34)36-3)30-20(32)19-16(6-9-31(19)21(33)17-11-26-7-8-27-17)29-23(35)28-15-5-4-13(24)10-14(15)25/h4-5,7-8,10-12,16,18-19H,6,9H2,1-3H3,(H,30,32)(H2,28,29,35). The number of carbonyl (C=O) groups excluding carboxylic acids is 4. The number of nitrogens with zero attached hydrogens (tertiary/aromatic N) is 3. The molecule has 3 atom stereocenters. The Kier molecular flexibility index (Phi) is 8.46. The summed E-state index contributed by atoms with van der Waals surface area (Å²) < 4.78 is 31.9. The number of benzene rings is 1. The summed E-state index contributed by atoms with van der Waals surface area (Å²) in [6, 6.07) is -1.36. The van der Waals surface area contributed by atoms with Crippen LogP contribution < -0.4 is 16.0 Å². The van der Waals surface area contributed by atoms with Crippen molar-refractivity contribution < 1.29 is 32.7 Å². The van der Waals surface area contributed by atoms with Gasteiger partial charge in [-0.3, -0.25) is 14.6 Å². The Morgan fingerprint density at radius 2 is 1.92 bits per heavy atom. The quantitative estimate of drug-likeness (QED) is 0.485. The number of aromatic nitrogens is 2. The van der Waals surface area contributed by atoms with Crippen molar-refractivity contribution in [3.8, 4) is 0 Å². The summed E-state index contributed by atoms with van der Waals surface area (Å²) in [5, 5.41) is 7.42. The Hall–Kier alpha value is -4.16. The van der Waals surface area contributed by atoms with Gasteiger partial charge in [0, 0.05) is 25.0 Å². The molecule has 0 spiro atoms. The minimum Gasteiger partial charge on any atom is -0.467 e. The van der Waals surface area contributed by atoms with Crippen LogP contribution in [0.4, 0.5) is 19.3 Å². The van der Waals surface area contributed by atoms with Crippen LogP contribution in [0.3, 0.4) is 0 Å². The molecule has 0 radical (unpaired) electrons. The number of hydrogen-bond acceptors (Lipinski definition) is 7. The molecule has 1 saturated heterocycles. The van der Waals surface area contributed by atoms with Crippen molar-refractivity contribution in [2.24, 2.45) is 5.92 Å². The molecule has 1 aliphatic rings. The molecule has 1 fully saturated rings. The Morgan fingerprint density at radius 1 is 1.17 bits per heavy atom. The number of amides is 4. The fraction of sp³-hybridized carbons (Fsp3) is 0.391. The van der Waals surface area contributed by atoms with Crippen molar-refractivity contribution in [2.45, 2.75) is 38.4 Å². The zero-order chi connectivity index (χ0) is 26.4. The number of methoxy groups -OCH3 is 1. The highest BCUT2D eigenvalue weighted by Gasteiger charge is 2.44. The third-order valence-electron chi connectivity index (χ3n) is 5.63. The van der Waals surface area contributed by atoms with Crippen LogP contribution in [-0.2, 0) is 14.3 Å². The zero-order valence-electron chi connectivity index (χ0n) is 19.8. The smallest absolute Gasteiger partial charge is 0.328 e. The fourth-order valence-corrected chi connectivity index (χ4v) is 3.83. The van der Waals surface area contributed by atoms with Crippen LogP contribution in [0.2, 0.25) is 0 Å². The summed E-state index contributed by atoms with van der Waals surface area (Å²) in [7, 11) is 1.19. The molecule has 3 N–H and O–H groups in total. The second-order valence-electron chi connectivity index (χ2n) is 8.41. The van der Waals surface area contributed by atoms with Gasteiger partial charge in [-0.15, -0.1) is 0 Å². The largest absolute Gasteiger partial charge is 0.467 e. The Labute approximate surface area is 205 Å². The molecule has 0 bridgehead atoms. The van der Waals surface area contributed by atoms with E-state index in [0.29, 0.717) is 6.07 Å². The molecule has 192 valence electrons. The molecule has 0 aliphatic carbocycles. The van der Waals surface area contributed by atoms with Gasteiger partial charge in [-0.1, -0.05) is 13.8 Å². The van der Waals surface area contributed by atoms with Crippen LogP contribution in [0.15, 0.2) is 36.8 Å². The van der Waals surface area contributed by atoms with Crippen molar-refractivity contribution in [3.05, 3.63) is 54.1 Å². The van der Waals surface area contributed by atoms with E-state index in [-0.39, 0.29) is 30.3 Å². The molecule has 3 rings (SSSR count). The third-order valence-corrected chi connectivity index (χ3v) is 5.63. The van der Waals surface area contributed by atoms with E-state index >= 15 is 0 Å². The van der Waals surface area contributed by atoms with E-state index in [4.69, 9.17) is 4.74 Å². The number of likely N-dealkylation sites (tertiary alicyclic amines) is 1. The predicted octanol–water partition coefficient (Wildman–Crippen LogP) is 1.47. The first-order valence-corrected chi connectivity index (χ1v) is 11.1. The van der Waals surface area contributed by atoms with Crippen molar-refractivity contribution in [2.75, 3.05) is 19.0 Å². The van der Waals surface area contributed by atoms with Gasteiger partial charge in [0.05, 0.1) is 25.0 Å². The number of urea groups is 1. The number of carbonyl (C=O) groups is 4. The molecule has 1 aromatic carbocycles. The van der Waals surface area contributed by atoms with E-state index in [9.17, 15) is 28.0 Å². The molecule has 1 aliphatic heterocycles. The highest BCUT2D eigenvalue weighted by atomic mass is 19.1. The Balaban J connectivity index is 1.83. The lowest BCUT2D eigenvalue weighted by atomic mass is 10.0. The Bertz CT molecular complexity index is 1130. The number of esters is 1. The lowest BCUT2D eigenvalue weighted by molar-refractivity contribution is -0.146. The number of hydrogen-bond donors (Lipinski definition) is 3. The first-order chi connectivity index (χ1) is 17.1. The number of anilines is 1. The highest BCUT2D eigenvalue weighted by Crippen LogP contribution is 2.22. The number of nitrogens with one attached hydrogen (secondary N) is 3. The third kappa shape index (κ3) is 6.09. The number of halogens is 2. The summed E-state index contributed by atoms with van der Waals surface area (Å²) in [5.41, 5.74) is -0.284. The molecule has 4 amide bonds. The minimum absolute atomic E-state index is 0.0119. The van der Waals surface area contributed by atoms with Gasteiger partial charge < -0.3 is 25.6 Å².